The van der Waals surface area contributed by atoms with E-state index < -0.39 is 0 Å². The van der Waals surface area contributed by atoms with Gasteiger partial charge < -0.3 is 4.42 Å². The maximum Gasteiger partial charge on any atom is 0.226 e. The molecule has 76 valence electrons. The predicted molar refractivity (Wildman–Crippen MR) is 61.6 cm³/mol. The van der Waals surface area contributed by atoms with E-state index in [0.29, 0.717) is 5.92 Å². The molecule has 0 bridgehead atoms. The van der Waals surface area contributed by atoms with Crippen LogP contribution in [0.5, 0.6) is 0 Å². The summed E-state index contributed by atoms with van der Waals surface area (Å²) in [6.07, 6.45) is 4.30. The number of oxazole rings is 1. The van der Waals surface area contributed by atoms with Crippen molar-refractivity contribution in [2.24, 2.45) is 0 Å². The zero-order chi connectivity index (χ0) is 10.3. The number of rotatable bonds is 2. The molecule has 1 aliphatic rings. The van der Waals surface area contributed by atoms with Crippen molar-refractivity contribution in [2.45, 2.75) is 18.8 Å². The minimum Gasteiger partial charge on any atom is -0.444 e. The summed E-state index contributed by atoms with van der Waals surface area (Å²) in [6, 6.07) is 8.01. The number of aromatic nitrogens is 1. The molecular weight excluding hydrogens is 254 g/mol. The quantitative estimate of drug-likeness (QED) is 0.819. The molecule has 0 amide bonds. The van der Waals surface area contributed by atoms with E-state index in [0.717, 1.165) is 21.6 Å². The molecule has 1 heterocycles. The number of halogens is 1. The second-order valence-corrected chi connectivity index (χ2v) is 4.77. The van der Waals surface area contributed by atoms with E-state index in [1.165, 1.54) is 12.8 Å². The van der Waals surface area contributed by atoms with E-state index in [9.17, 15) is 0 Å². The Balaban J connectivity index is 1.93. The Morgan fingerprint density at radius 2 is 1.93 bits per heavy atom. The third-order valence-corrected chi connectivity index (χ3v) is 3.14. The van der Waals surface area contributed by atoms with Crippen LogP contribution in [-0.2, 0) is 0 Å². The molecule has 0 atom stereocenters. The van der Waals surface area contributed by atoms with E-state index in [1.807, 2.05) is 24.3 Å². The van der Waals surface area contributed by atoms with Gasteiger partial charge in [0, 0.05) is 16.0 Å². The van der Waals surface area contributed by atoms with Crippen molar-refractivity contribution in [3.8, 4) is 11.5 Å². The van der Waals surface area contributed by atoms with Gasteiger partial charge in [-0.3, -0.25) is 0 Å². The fraction of sp³-hybridized carbons (Fsp3) is 0.250. The van der Waals surface area contributed by atoms with E-state index in [2.05, 4.69) is 20.9 Å². The van der Waals surface area contributed by atoms with Crippen LogP contribution in [-0.4, -0.2) is 4.98 Å². The van der Waals surface area contributed by atoms with Crippen LogP contribution in [0.1, 0.15) is 24.5 Å². The first-order valence-electron chi connectivity index (χ1n) is 5.04. The highest BCUT2D eigenvalue weighted by Crippen LogP contribution is 2.40. The zero-order valence-electron chi connectivity index (χ0n) is 8.11. The third kappa shape index (κ3) is 1.84. The van der Waals surface area contributed by atoms with Gasteiger partial charge in [0.25, 0.3) is 0 Å². The fourth-order valence-electron chi connectivity index (χ4n) is 1.58. The fourth-order valence-corrected chi connectivity index (χ4v) is 1.84. The first kappa shape index (κ1) is 9.16. The second kappa shape index (κ2) is 3.49. The molecule has 3 heteroatoms. The van der Waals surface area contributed by atoms with Crippen molar-refractivity contribution in [2.75, 3.05) is 0 Å². The van der Waals surface area contributed by atoms with Gasteiger partial charge in [-0.2, -0.15) is 0 Å². The smallest absolute Gasteiger partial charge is 0.226 e. The molecule has 1 aromatic carbocycles. The van der Waals surface area contributed by atoms with Crippen molar-refractivity contribution in [1.29, 1.82) is 0 Å². The molecule has 0 spiro atoms. The van der Waals surface area contributed by atoms with Gasteiger partial charge >= 0.3 is 0 Å². The summed E-state index contributed by atoms with van der Waals surface area (Å²) in [5, 5.41) is 0. The Kier molecular flexibility index (Phi) is 2.13. The zero-order valence-corrected chi connectivity index (χ0v) is 9.70. The largest absolute Gasteiger partial charge is 0.444 e. The van der Waals surface area contributed by atoms with Gasteiger partial charge in [-0.15, -0.1) is 0 Å². The van der Waals surface area contributed by atoms with Crippen LogP contribution in [0.2, 0.25) is 0 Å². The van der Waals surface area contributed by atoms with Crippen LogP contribution in [0.15, 0.2) is 39.4 Å². The van der Waals surface area contributed by atoms with Gasteiger partial charge in [0.2, 0.25) is 5.89 Å². The highest BCUT2D eigenvalue weighted by atomic mass is 79.9. The Bertz CT molecular complexity index is 471. The Labute approximate surface area is 96.5 Å². The minimum absolute atomic E-state index is 0.651. The minimum atomic E-state index is 0.651. The van der Waals surface area contributed by atoms with Crippen molar-refractivity contribution in [3.05, 3.63) is 40.7 Å². The van der Waals surface area contributed by atoms with Crippen LogP contribution in [0.25, 0.3) is 11.5 Å². The average Bonchev–Trinajstić information content (AvgIpc) is 2.99. The van der Waals surface area contributed by atoms with Gasteiger partial charge in [0.05, 0.1) is 5.69 Å². The summed E-state index contributed by atoms with van der Waals surface area (Å²) in [5.41, 5.74) is 2.14. The molecule has 1 saturated carbocycles. The van der Waals surface area contributed by atoms with Crippen LogP contribution < -0.4 is 0 Å². The van der Waals surface area contributed by atoms with Crippen molar-refractivity contribution in [1.82, 2.24) is 4.98 Å². The van der Waals surface area contributed by atoms with Gasteiger partial charge in [0.15, 0.2) is 0 Å². The lowest BCUT2D eigenvalue weighted by atomic mass is 10.2. The molecule has 0 radical (unpaired) electrons. The number of hydrogen-bond donors (Lipinski definition) is 0. The van der Waals surface area contributed by atoms with Crippen LogP contribution in [0.3, 0.4) is 0 Å². The van der Waals surface area contributed by atoms with E-state index in [1.54, 1.807) is 6.26 Å². The van der Waals surface area contributed by atoms with E-state index in [4.69, 9.17) is 4.42 Å². The second-order valence-electron chi connectivity index (χ2n) is 3.86. The maximum atomic E-state index is 5.47. The lowest BCUT2D eigenvalue weighted by molar-refractivity contribution is 0.572. The van der Waals surface area contributed by atoms with Gasteiger partial charge in [-0.05, 0) is 37.1 Å². The summed E-state index contributed by atoms with van der Waals surface area (Å²) in [5.74, 6) is 1.38. The molecule has 15 heavy (non-hydrogen) atoms. The Hall–Kier alpha value is -1.09. The normalized spacial score (nSPS) is 15.5. The average molecular weight is 264 g/mol. The molecular formula is C12H10BrNO. The molecule has 0 N–H and O–H groups in total. The molecule has 1 fully saturated rings. The number of benzene rings is 1. The lowest BCUT2D eigenvalue weighted by Gasteiger charge is -1.94. The first-order valence-corrected chi connectivity index (χ1v) is 5.83. The van der Waals surface area contributed by atoms with Crippen molar-refractivity contribution in [3.63, 3.8) is 0 Å². The van der Waals surface area contributed by atoms with Gasteiger partial charge in [0.1, 0.15) is 6.26 Å². The lowest BCUT2D eigenvalue weighted by Crippen LogP contribution is -1.80. The SMILES string of the molecule is Brc1ccc(-c2nc(C3CC3)co2)cc1. The standard InChI is InChI=1S/C12H10BrNO/c13-10-5-3-9(4-6-10)12-14-11(7-15-12)8-1-2-8/h3-8H,1-2H2. The summed E-state index contributed by atoms with van der Waals surface area (Å²) < 4.78 is 6.54. The topological polar surface area (TPSA) is 26.0 Å². The van der Waals surface area contributed by atoms with E-state index >= 15 is 0 Å². The predicted octanol–water partition coefficient (Wildman–Crippen LogP) is 3.98. The summed E-state index contributed by atoms with van der Waals surface area (Å²) in [7, 11) is 0. The molecule has 2 nitrogen and oxygen atoms in total. The Morgan fingerprint density at radius 3 is 2.60 bits per heavy atom. The van der Waals surface area contributed by atoms with Crippen LogP contribution in [0, 0.1) is 0 Å². The van der Waals surface area contributed by atoms with Gasteiger partial charge in [-0.1, -0.05) is 15.9 Å². The van der Waals surface area contributed by atoms with Gasteiger partial charge in [-0.25, -0.2) is 4.98 Å². The van der Waals surface area contributed by atoms with Crippen molar-refractivity contribution >= 4 is 15.9 Å². The summed E-state index contributed by atoms with van der Waals surface area (Å²) in [4.78, 5) is 4.49. The highest BCUT2D eigenvalue weighted by molar-refractivity contribution is 9.10. The number of hydrogen-bond acceptors (Lipinski definition) is 2. The molecule has 2 aromatic rings. The van der Waals surface area contributed by atoms with Crippen LogP contribution in [0.4, 0.5) is 0 Å². The molecule has 1 aliphatic carbocycles. The Morgan fingerprint density at radius 1 is 1.20 bits per heavy atom. The van der Waals surface area contributed by atoms with Crippen LogP contribution >= 0.6 is 15.9 Å². The van der Waals surface area contributed by atoms with Crippen molar-refractivity contribution < 1.29 is 4.42 Å². The molecule has 3 rings (SSSR count). The molecule has 0 unspecified atom stereocenters. The van der Waals surface area contributed by atoms with E-state index in [-0.39, 0.29) is 0 Å². The summed E-state index contributed by atoms with van der Waals surface area (Å²) in [6.45, 7) is 0. The first-order chi connectivity index (χ1) is 7.33. The third-order valence-electron chi connectivity index (χ3n) is 2.61. The molecule has 1 aromatic heterocycles. The molecule has 0 aliphatic heterocycles. The monoisotopic (exact) mass is 263 g/mol. The number of nitrogens with zero attached hydrogens (tertiary/aromatic N) is 1. The highest BCUT2D eigenvalue weighted by Gasteiger charge is 2.26. The maximum absolute atomic E-state index is 5.47. The molecule has 0 saturated heterocycles. The summed E-state index contributed by atoms with van der Waals surface area (Å²) >= 11 is 3.41.